The van der Waals surface area contributed by atoms with E-state index in [0.717, 1.165) is 5.56 Å². The van der Waals surface area contributed by atoms with Gasteiger partial charge in [0.1, 0.15) is 23.7 Å². The number of hydrogen-bond acceptors (Lipinski definition) is 8. The summed E-state index contributed by atoms with van der Waals surface area (Å²) in [6.45, 7) is 0.0456. The van der Waals surface area contributed by atoms with E-state index in [9.17, 15) is 18.0 Å². The number of fused-ring (bicyclic) bond motifs is 1. The maximum Gasteiger partial charge on any atom is 0.373 e. The Morgan fingerprint density at radius 3 is 2.58 bits per heavy atom. The Morgan fingerprint density at radius 2 is 1.82 bits per heavy atom. The summed E-state index contributed by atoms with van der Waals surface area (Å²) in [7, 11) is -1.32. The summed E-state index contributed by atoms with van der Waals surface area (Å²) >= 11 is 0. The Hall–Kier alpha value is -3.79. The van der Waals surface area contributed by atoms with Gasteiger partial charge in [-0.25, -0.2) is 18.0 Å². The van der Waals surface area contributed by atoms with Gasteiger partial charge in [-0.2, -0.15) is 0 Å². The standard InChI is InChI=1S/C23H21NO8S/c1-29-20-10-8-17(33(27,28)24-12-11-15-5-3-4-6-19(15)24)13-18(20)22(25)31-14-16-7-9-21(32-16)23(26)30-2/h3-10,13H,11-12,14H2,1-2H3. The monoisotopic (exact) mass is 471 g/mol. The zero-order valence-electron chi connectivity index (χ0n) is 17.9. The molecule has 172 valence electrons. The van der Waals surface area contributed by atoms with Crippen LogP contribution in [0.15, 0.2) is 63.9 Å². The normalized spacial score (nSPS) is 12.8. The lowest BCUT2D eigenvalue weighted by molar-refractivity contribution is 0.0434. The average molecular weight is 471 g/mol. The van der Waals surface area contributed by atoms with Crippen molar-refractivity contribution in [2.45, 2.75) is 17.9 Å². The highest BCUT2D eigenvalue weighted by atomic mass is 32.2. The van der Waals surface area contributed by atoms with Crippen LogP contribution in [0.3, 0.4) is 0 Å². The number of hydrogen-bond donors (Lipinski definition) is 0. The first-order valence-corrected chi connectivity index (χ1v) is 11.4. The highest BCUT2D eigenvalue weighted by Gasteiger charge is 2.32. The van der Waals surface area contributed by atoms with Crippen LogP contribution in [0.2, 0.25) is 0 Å². The van der Waals surface area contributed by atoms with Gasteiger partial charge in [-0.3, -0.25) is 4.31 Å². The number of benzene rings is 2. The van der Waals surface area contributed by atoms with Crippen LogP contribution in [0.5, 0.6) is 5.75 Å². The first kappa shape index (κ1) is 22.4. The summed E-state index contributed by atoms with van der Waals surface area (Å²) < 4.78 is 48.3. The number of ether oxygens (including phenoxy) is 3. The number of furan rings is 1. The fraction of sp³-hybridized carbons (Fsp3) is 0.217. The number of esters is 2. The molecule has 0 radical (unpaired) electrons. The van der Waals surface area contributed by atoms with Crippen molar-refractivity contribution in [3.63, 3.8) is 0 Å². The molecule has 0 unspecified atom stereocenters. The van der Waals surface area contributed by atoms with E-state index in [2.05, 4.69) is 4.74 Å². The van der Waals surface area contributed by atoms with Gasteiger partial charge in [0, 0.05) is 6.54 Å². The minimum absolute atomic E-state index is 0.0277. The first-order chi connectivity index (χ1) is 15.8. The molecule has 0 saturated heterocycles. The SMILES string of the molecule is COC(=O)c1ccc(COC(=O)c2cc(S(=O)(=O)N3CCc4ccccc43)ccc2OC)o1. The van der Waals surface area contributed by atoms with E-state index < -0.39 is 22.0 Å². The Labute approximate surface area is 190 Å². The van der Waals surface area contributed by atoms with Gasteiger partial charge >= 0.3 is 11.9 Å². The number of carbonyl (C=O) groups is 2. The van der Waals surface area contributed by atoms with Gasteiger partial charge in [0.15, 0.2) is 0 Å². The molecule has 0 fully saturated rings. The van der Waals surface area contributed by atoms with Crippen LogP contribution in [0.4, 0.5) is 5.69 Å². The smallest absolute Gasteiger partial charge is 0.373 e. The minimum atomic E-state index is -3.91. The van der Waals surface area contributed by atoms with Crippen molar-refractivity contribution in [2.75, 3.05) is 25.1 Å². The predicted molar refractivity (Wildman–Crippen MR) is 117 cm³/mol. The first-order valence-electron chi connectivity index (χ1n) is 9.98. The van der Waals surface area contributed by atoms with Gasteiger partial charge in [0.05, 0.1) is 24.8 Å². The Bertz CT molecular complexity index is 1310. The van der Waals surface area contributed by atoms with E-state index in [4.69, 9.17) is 13.9 Å². The molecule has 2 heterocycles. The molecule has 0 aliphatic carbocycles. The molecule has 9 nitrogen and oxygen atoms in total. The Morgan fingerprint density at radius 1 is 1.03 bits per heavy atom. The molecule has 1 aliphatic heterocycles. The molecule has 0 saturated carbocycles. The number of rotatable bonds is 7. The van der Waals surface area contributed by atoms with Crippen LogP contribution in [-0.4, -0.2) is 41.1 Å². The fourth-order valence-corrected chi connectivity index (χ4v) is 5.10. The molecule has 4 rings (SSSR count). The summed E-state index contributed by atoms with van der Waals surface area (Å²) in [4.78, 5) is 24.2. The summed E-state index contributed by atoms with van der Waals surface area (Å²) in [5.41, 5.74) is 1.52. The van der Waals surface area contributed by atoms with E-state index in [1.807, 2.05) is 12.1 Å². The van der Waals surface area contributed by atoms with Crippen molar-refractivity contribution in [3.05, 3.63) is 77.2 Å². The van der Waals surface area contributed by atoms with Crippen molar-refractivity contribution in [1.29, 1.82) is 0 Å². The lowest BCUT2D eigenvalue weighted by atomic mass is 10.2. The van der Waals surface area contributed by atoms with E-state index in [1.54, 1.807) is 12.1 Å². The van der Waals surface area contributed by atoms with E-state index in [0.29, 0.717) is 18.7 Å². The number of methoxy groups -OCH3 is 2. The van der Waals surface area contributed by atoms with Crippen molar-refractivity contribution in [1.82, 2.24) is 0 Å². The van der Waals surface area contributed by atoms with Crippen LogP contribution in [0, 0.1) is 0 Å². The Balaban J connectivity index is 1.57. The highest BCUT2D eigenvalue weighted by Crippen LogP contribution is 2.34. The maximum absolute atomic E-state index is 13.3. The van der Waals surface area contributed by atoms with Crippen molar-refractivity contribution in [3.8, 4) is 5.75 Å². The molecule has 0 bridgehead atoms. The molecule has 10 heteroatoms. The summed E-state index contributed by atoms with van der Waals surface area (Å²) in [5.74, 6) is -1.10. The third kappa shape index (κ3) is 4.29. The van der Waals surface area contributed by atoms with Crippen LogP contribution in [-0.2, 0) is 32.5 Å². The second kappa shape index (κ2) is 8.99. The highest BCUT2D eigenvalue weighted by molar-refractivity contribution is 7.92. The third-order valence-corrected chi connectivity index (χ3v) is 7.03. The largest absolute Gasteiger partial charge is 0.496 e. The minimum Gasteiger partial charge on any atom is -0.496 e. The number of nitrogens with zero attached hydrogens (tertiary/aromatic N) is 1. The third-order valence-electron chi connectivity index (χ3n) is 5.22. The summed E-state index contributed by atoms with van der Waals surface area (Å²) in [6.07, 6.45) is 0.608. The van der Waals surface area contributed by atoms with Gasteiger partial charge in [-0.1, -0.05) is 18.2 Å². The number of sulfonamides is 1. The summed E-state index contributed by atoms with van der Waals surface area (Å²) in [6, 6.07) is 14.2. The van der Waals surface area contributed by atoms with Crippen molar-refractivity contribution < 1.29 is 36.6 Å². The van der Waals surface area contributed by atoms with Gasteiger partial charge in [-0.15, -0.1) is 0 Å². The zero-order chi connectivity index (χ0) is 23.6. The number of anilines is 1. The molecule has 0 N–H and O–H groups in total. The van der Waals surface area contributed by atoms with E-state index >= 15 is 0 Å². The Kier molecular flexibility index (Phi) is 6.10. The number of carbonyl (C=O) groups excluding carboxylic acids is 2. The van der Waals surface area contributed by atoms with Crippen LogP contribution in [0.25, 0.3) is 0 Å². The molecule has 2 aromatic carbocycles. The molecule has 3 aromatic rings. The quantitative estimate of drug-likeness (QED) is 0.483. The maximum atomic E-state index is 13.3. The zero-order valence-corrected chi connectivity index (χ0v) is 18.8. The van der Waals surface area contributed by atoms with Crippen molar-refractivity contribution in [2.24, 2.45) is 0 Å². The molecule has 0 atom stereocenters. The molecule has 0 spiro atoms. The molecular weight excluding hydrogens is 450 g/mol. The molecular formula is C23H21NO8S. The molecule has 1 aromatic heterocycles. The van der Waals surface area contributed by atoms with Gasteiger partial charge < -0.3 is 18.6 Å². The van der Waals surface area contributed by atoms with Crippen LogP contribution in [0.1, 0.15) is 32.2 Å². The predicted octanol–water partition coefficient (Wildman–Crippen LogP) is 3.18. The molecule has 0 amide bonds. The average Bonchev–Trinajstić information content (AvgIpc) is 3.49. The molecule has 33 heavy (non-hydrogen) atoms. The van der Waals surface area contributed by atoms with Crippen LogP contribution >= 0.6 is 0 Å². The van der Waals surface area contributed by atoms with Crippen molar-refractivity contribution >= 4 is 27.6 Å². The van der Waals surface area contributed by atoms with E-state index in [-0.39, 0.29) is 34.3 Å². The number of para-hydroxylation sites is 1. The molecule has 1 aliphatic rings. The second-order valence-electron chi connectivity index (χ2n) is 7.15. The topological polar surface area (TPSA) is 112 Å². The van der Waals surface area contributed by atoms with Gasteiger partial charge in [0.25, 0.3) is 10.0 Å². The lowest BCUT2D eigenvalue weighted by Gasteiger charge is -2.20. The van der Waals surface area contributed by atoms with Gasteiger partial charge in [-0.05, 0) is 48.4 Å². The summed E-state index contributed by atoms with van der Waals surface area (Å²) in [5, 5.41) is 0. The lowest BCUT2D eigenvalue weighted by Crippen LogP contribution is -2.29. The fourth-order valence-electron chi connectivity index (χ4n) is 3.57. The van der Waals surface area contributed by atoms with E-state index in [1.165, 1.54) is 48.9 Å². The van der Waals surface area contributed by atoms with Crippen LogP contribution < -0.4 is 9.04 Å². The van der Waals surface area contributed by atoms with Gasteiger partial charge in [0.2, 0.25) is 5.76 Å². The second-order valence-corrected chi connectivity index (χ2v) is 9.01.